The smallest absolute Gasteiger partial charge is 0.250 e. The first kappa shape index (κ1) is 21.4. The second-order valence-electron chi connectivity index (χ2n) is 7.44. The molecule has 2 N–H and O–H groups in total. The molecule has 1 aliphatic heterocycles. The van der Waals surface area contributed by atoms with Crippen molar-refractivity contribution in [2.75, 3.05) is 23.9 Å². The van der Waals surface area contributed by atoms with E-state index in [1.54, 1.807) is 11.3 Å². The average molecular weight is 453 g/mol. The van der Waals surface area contributed by atoms with Crippen LogP contribution in [0.1, 0.15) is 33.8 Å². The van der Waals surface area contributed by atoms with Crippen molar-refractivity contribution >= 4 is 45.9 Å². The summed E-state index contributed by atoms with van der Waals surface area (Å²) in [5.41, 5.74) is 4.86. The fourth-order valence-electron chi connectivity index (χ4n) is 3.84. The molecular weight excluding hydrogens is 428 g/mol. The highest BCUT2D eigenvalue weighted by Gasteiger charge is 2.42. The lowest BCUT2D eigenvalue weighted by Gasteiger charge is -2.28. The van der Waals surface area contributed by atoms with E-state index in [-0.39, 0.29) is 24.6 Å². The largest absolute Gasteiger partial charge is 0.375 e. The van der Waals surface area contributed by atoms with Gasteiger partial charge in [0.05, 0.1) is 17.8 Å². The third-order valence-corrected chi connectivity index (χ3v) is 6.71. The first-order valence-electron chi connectivity index (χ1n) is 9.93. The van der Waals surface area contributed by atoms with Crippen molar-refractivity contribution in [2.45, 2.75) is 25.9 Å². The minimum atomic E-state index is -0.181. The van der Waals surface area contributed by atoms with Crippen LogP contribution in [0.25, 0.3) is 0 Å². The van der Waals surface area contributed by atoms with Crippen molar-refractivity contribution in [1.82, 2.24) is 10.3 Å². The first-order chi connectivity index (χ1) is 15.0. The number of amides is 1. The number of methoxy groups -OCH3 is 1. The Morgan fingerprint density at radius 1 is 1.26 bits per heavy atom. The topological polar surface area (TPSA) is 66.5 Å². The van der Waals surface area contributed by atoms with Crippen LogP contribution in [0, 0.1) is 13.8 Å². The van der Waals surface area contributed by atoms with Crippen LogP contribution in [0.15, 0.2) is 54.0 Å². The van der Waals surface area contributed by atoms with E-state index in [9.17, 15) is 4.79 Å². The molecule has 0 unspecified atom stereocenters. The van der Waals surface area contributed by atoms with Gasteiger partial charge in [-0.15, -0.1) is 11.3 Å². The summed E-state index contributed by atoms with van der Waals surface area (Å²) in [6.07, 6.45) is 1.81. The highest BCUT2D eigenvalue weighted by Crippen LogP contribution is 2.44. The Hall–Kier alpha value is -2.81. The molecule has 0 aliphatic carbocycles. The van der Waals surface area contributed by atoms with Gasteiger partial charge in [-0.2, -0.15) is 0 Å². The molecule has 1 aromatic carbocycles. The zero-order chi connectivity index (χ0) is 22.0. The molecule has 2 aromatic heterocycles. The van der Waals surface area contributed by atoms with E-state index in [2.05, 4.69) is 38.9 Å². The molecule has 1 aliphatic rings. The van der Waals surface area contributed by atoms with E-state index in [1.807, 2.05) is 49.5 Å². The molecule has 2 atom stereocenters. The molecule has 160 valence electrons. The Balaban J connectivity index is 1.72. The summed E-state index contributed by atoms with van der Waals surface area (Å²) in [6.45, 7) is 4.12. The molecule has 0 spiro atoms. The predicted molar refractivity (Wildman–Crippen MR) is 129 cm³/mol. The highest BCUT2D eigenvalue weighted by molar-refractivity contribution is 7.80. The summed E-state index contributed by atoms with van der Waals surface area (Å²) < 4.78 is 4.90. The zero-order valence-corrected chi connectivity index (χ0v) is 19.2. The van der Waals surface area contributed by atoms with Gasteiger partial charge in [0, 0.05) is 29.6 Å². The molecule has 0 bridgehead atoms. The number of anilines is 2. The van der Waals surface area contributed by atoms with E-state index in [0.717, 1.165) is 22.6 Å². The van der Waals surface area contributed by atoms with E-state index in [0.29, 0.717) is 5.11 Å². The quantitative estimate of drug-likeness (QED) is 0.536. The number of aromatic nitrogens is 1. The van der Waals surface area contributed by atoms with Crippen LogP contribution in [0.2, 0.25) is 0 Å². The number of ether oxygens (including phenoxy) is 1. The van der Waals surface area contributed by atoms with Crippen molar-refractivity contribution < 1.29 is 9.53 Å². The number of carbonyl (C=O) groups is 1. The molecule has 0 radical (unpaired) electrons. The van der Waals surface area contributed by atoms with Crippen molar-refractivity contribution in [2.24, 2.45) is 0 Å². The van der Waals surface area contributed by atoms with Crippen molar-refractivity contribution in [1.29, 1.82) is 0 Å². The Kier molecular flexibility index (Phi) is 6.31. The van der Waals surface area contributed by atoms with Gasteiger partial charge in [0.2, 0.25) is 5.91 Å². The summed E-state index contributed by atoms with van der Waals surface area (Å²) in [6, 6.07) is 13.9. The number of thiocarbonyl (C=S) groups is 1. The monoisotopic (exact) mass is 452 g/mol. The van der Waals surface area contributed by atoms with E-state index in [1.165, 1.54) is 17.6 Å². The number of hydrogen-bond donors (Lipinski definition) is 2. The van der Waals surface area contributed by atoms with Crippen molar-refractivity contribution in [3.63, 3.8) is 0 Å². The molecule has 4 rings (SSSR count). The Labute approximate surface area is 191 Å². The number of nitrogens with zero attached hydrogens (tertiary/aromatic N) is 2. The fourth-order valence-corrected chi connectivity index (χ4v) is 5.24. The molecular formula is C23H24N4O2S2. The maximum atomic E-state index is 11.9. The summed E-state index contributed by atoms with van der Waals surface area (Å²) in [7, 11) is 1.50. The number of aryl methyl sites for hydroxylation is 2. The van der Waals surface area contributed by atoms with Gasteiger partial charge in [-0.05, 0) is 79.0 Å². The third-order valence-electron chi connectivity index (χ3n) is 5.31. The molecule has 3 heterocycles. The molecule has 3 aromatic rings. The Bertz CT molecular complexity index is 1100. The lowest BCUT2D eigenvalue weighted by Crippen LogP contribution is -2.29. The normalized spacial score (nSPS) is 18.2. The zero-order valence-electron chi connectivity index (χ0n) is 17.6. The van der Waals surface area contributed by atoms with Gasteiger partial charge in [-0.25, -0.2) is 0 Å². The van der Waals surface area contributed by atoms with Gasteiger partial charge in [0.1, 0.15) is 6.61 Å². The van der Waals surface area contributed by atoms with E-state index < -0.39 is 0 Å². The number of thiophene rings is 1. The van der Waals surface area contributed by atoms with Crippen LogP contribution in [0.5, 0.6) is 0 Å². The van der Waals surface area contributed by atoms with Gasteiger partial charge < -0.3 is 20.3 Å². The van der Waals surface area contributed by atoms with Crippen LogP contribution in [-0.4, -0.2) is 29.7 Å². The van der Waals surface area contributed by atoms with Crippen molar-refractivity contribution in [3.8, 4) is 0 Å². The van der Waals surface area contributed by atoms with Crippen LogP contribution >= 0.6 is 23.6 Å². The summed E-state index contributed by atoms with van der Waals surface area (Å²) >= 11 is 7.51. The van der Waals surface area contributed by atoms with Gasteiger partial charge >= 0.3 is 0 Å². The molecule has 0 saturated carbocycles. The number of rotatable bonds is 6. The molecule has 8 heteroatoms. The summed E-state index contributed by atoms with van der Waals surface area (Å²) in [5.74, 6) is -0.181. The lowest BCUT2D eigenvalue weighted by atomic mass is 10.00. The minimum absolute atomic E-state index is 0.0178. The van der Waals surface area contributed by atoms with Crippen LogP contribution in [0.4, 0.5) is 11.4 Å². The summed E-state index contributed by atoms with van der Waals surface area (Å²) in [4.78, 5) is 19.9. The third kappa shape index (κ3) is 4.32. The van der Waals surface area contributed by atoms with E-state index >= 15 is 0 Å². The highest BCUT2D eigenvalue weighted by atomic mass is 32.1. The molecule has 1 saturated heterocycles. The van der Waals surface area contributed by atoms with Gasteiger partial charge in [0.15, 0.2) is 5.11 Å². The summed E-state index contributed by atoms with van der Waals surface area (Å²) in [5, 5.41) is 9.13. The average Bonchev–Trinajstić information content (AvgIpc) is 3.32. The molecule has 1 amide bonds. The van der Waals surface area contributed by atoms with Crippen LogP contribution < -0.4 is 15.5 Å². The molecule has 6 nitrogen and oxygen atoms in total. The second-order valence-corrected chi connectivity index (χ2v) is 8.78. The van der Waals surface area contributed by atoms with Crippen molar-refractivity contribution in [3.05, 3.63) is 75.7 Å². The van der Waals surface area contributed by atoms with Crippen LogP contribution in [0.3, 0.4) is 0 Å². The lowest BCUT2D eigenvalue weighted by molar-refractivity contribution is -0.119. The van der Waals surface area contributed by atoms with Gasteiger partial charge in [-0.1, -0.05) is 6.07 Å². The minimum Gasteiger partial charge on any atom is -0.375 e. The number of carbonyl (C=O) groups excluding carboxylic acids is 1. The predicted octanol–water partition coefficient (Wildman–Crippen LogP) is 4.52. The number of benzene rings is 1. The fraction of sp³-hybridized carbons (Fsp3) is 0.261. The SMILES string of the molecule is COCC(=O)Nc1ccc(N2C(=S)N[C@@H](c3ccccn3)[C@@H]2c2sccc2C)cc1C. The number of pyridine rings is 1. The first-order valence-corrected chi connectivity index (χ1v) is 11.2. The Morgan fingerprint density at radius 3 is 2.74 bits per heavy atom. The standard InChI is InChI=1S/C23H24N4O2S2/c1-14-9-11-31-22(14)21-20(18-6-4-5-10-24-18)26-23(30)27(21)16-7-8-17(15(2)12-16)25-19(28)13-29-3/h4-12,20-21H,13H2,1-3H3,(H,25,28)(H,26,30)/t20-,21+/m0/s1. The van der Waals surface area contributed by atoms with E-state index in [4.69, 9.17) is 17.0 Å². The maximum absolute atomic E-state index is 11.9. The van der Waals surface area contributed by atoms with Gasteiger partial charge in [0.25, 0.3) is 0 Å². The Morgan fingerprint density at radius 2 is 2.10 bits per heavy atom. The number of nitrogens with one attached hydrogen (secondary N) is 2. The van der Waals surface area contributed by atoms with Gasteiger partial charge in [-0.3, -0.25) is 9.78 Å². The molecule has 1 fully saturated rings. The van der Waals surface area contributed by atoms with Crippen LogP contribution in [-0.2, 0) is 9.53 Å². The second kappa shape index (κ2) is 9.13. The number of hydrogen-bond acceptors (Lipinski definition) is 5. The molecule has 31 heavy (non-hydrogen) atoms. The maximum Gasteiger partial charge on any atom is 0.250 e.